The van der Waals surface area contributed by atoms with Gasteiger partial charge in [0, 0.05) is 36.1 Å². The number of rotatable bonds is 5. The molecule has 6 heteroatoms. The maximum absolute atomic E-state index is 13.5. The molecule has 0 unspecified atom stereocenters. The minimum absolute atomic E-state index is 0.109. The molecule has 0 amide bonds. The topological polar surface area (TPSA) is 77.7 Å². The van der Waals surface area contributed by atoms with E-state index in [-0.39, 0.29) is 11.3 Å². The molecule has 0 aliphatic heterocycles. The molecule has 5 rings (SSSR count). The maximum atomic E-state index is 13.5. The van der Waals surface area contributed by atoms with Crippen LogP contribution in [0.3, 0.4) is 0 Å². The number of aromatic nitrogens is 4. The Morgan fingerprint density at radius 2 is 1.66 bits per heavy atom. The van der Waals surface area contributed by atoms with E-state index in [0.29, 0.717) is 40.1 Å². The fourth-order valence-electron chi connectivity index (χ4n) is 3.66. The lowest BCUT2D eigenvalue weighted by Gasteiger charge is -2.12. The van der Waals surface area contributed by atoms with Gasteiger partial charge in [0.1, 0.15) is 11.2 Å². The Labute approximate surface area is 183 Å². The summed E-state index contributed by atoms with van der Waals surface area (Å²) >= 11 is 0. The summed E-state index contributed by atoms with van der Waals surface area (Å²) in [5.41, 5.74) is 3.70. The first kappa shape index (κ1) is 19.5. The quantitative estimate of drug-likeness (QED) is 0.403. The third-order valence-corrected chi connectivity index (χ3v) is 5.18. The largest absolute Gasteiger partial charge is 0.289 e. The molecule has 5 aromatic rings. The second-order valence-electron chi connectivity index (χ2n) is 7.33. The van der Waals surface area contributed by atoms with Gasteiger partial charge in [-0.1, -0.05) is 48.5 Å². The van der Waals surface area contributed by atoms with Crippen molar-refractivity contribution < 1.29 is 4.79 Å². The zero-order chi connectivity index (χ0) is 21.9. The summed E-state index contributed by atoms with van der Waals surface area (Å²) in [6.07, 6.45) is 5.38. The second-order valence-corrected chi connectivity index (χ2v) is 7.33. The number of carbonyl (C=O) groups excluding carboxylic acids is 1. The highest BCUT2D eigenvalue weighted by Gasteiger charge is 2.16. The van der Waals surface area contributed by atoms with Crippen molar-refractivity contribution in [3.8, 4) is 5.69 Å². The maximum Gasteiger partial charge on any atom is 0.278 e. The molecule has 0 atom stereocenters. The molecule has 0 saturated heterocycles. The molecule has 0 bridgehead atoms. The Kier molecular flexibility index (Phi) is 5.09. The number of hydrogen-bond donors (Lipinski definition) is 0. The highest BCUT2D eigenvalue weighted by Crippen LogP contribution is 2.18. The molecule has 3 heterocycles. The van der Waals surface area contributed by atoms with Crippen LogP contribution in [0.25, 0.3) is 16.9 Å². The minimum Gasteiger partial charge on any atom is -0.289 e. The fraction of sp³-hybridized carbons (Fsp3) is 0.0385. The van der Waals surface area contributed by atoms with Crippen LogP contribution in [-0.4, -0.2) is 25.3 Å². The summed E-state index contributed by atoms with van der Waals surface area (Å²) in [5, 5.41) is 0. The number of fused-ring (bicyclic) bond motifs is 1. The van der Waals surface area contributed by atoms with E-state index in [1.54, 1.807) is 61.1 Å². The molecule has 0 spiro atoms. The molecular formula is C26H18N4O2. The summed E-state index contributed by atoms with van der Waals surface area (Å²) in [7, 11) is 0. The molecule has 0 N–H and O–H groups in total. The van der Waals surface area contributed by atoms with Crippen molar-refractivity contribution in [3.05, 3.63) is 130 Å². The first-order chi connectivity index (χ1) is 15.7. The summed E-state index contributed by atoms with van der Waals surface area (Å²) in [4.78, 5) is 39.6. The molecule has 32 heavy (non-hydrogen) atoms. The number of pyridine rings is 2. The smallest absolute Gasteiger partial charge is 0.278 e. The van der Waals surface area contributed by atoms with Gasteiger partial charge in [0.2, 0.25) is 0 Å². The van der Waals surface area contributed by atoms with Crippen LogP contribution in [-0.2, 0) is 6.42 Å². The monoisotopic (exact) mass is 418 g/mol. The zero-order valence-electron chi connectivity index (χ0n) is 17.1. The van der Waals surface area contributed by atoms with E-state index in [1.165, 1.54) is 4.57 Å². The van der Waals surface area contributed by atoms with Gasteiger partial charge in [0.15, 0.2) is 11.4 Å². The number of ketones is 1. The fourth-order valence-corrected chi connectivity index (χ4v) is 3.66. The van der Waals surface area contributed by atoms with Crippen LogP contribution in [0.4, 0.5) is 0 Å². The molecule has 0 saturated carbocycles. The van der Waals surface area contributed by atoms with Crippen molar-refractivity contribution in [3.63, 3.8) is 0 Å². The van der Waals surface area contributed by atoms with E-state index < -0.39 is 0 Å². The normalized spacial score (nSPS) is 10.9. The molecule has 0 aliphatic carbocycles. The third kappa shape index (κ3) is 3.70. The van der Waals surface area contributed by atoms with Crippen molar-refractivity contribution in [1.29, 1.82) is 0 Å². The van der Waals surface area contributed by atoms with Crippen molar-refractivity contribution in [1.82, 2.24) is 19.5 Å². The van der Waals surface area contributed by atoms with Gasteiger partial charge in [-0.3, -0.25) is 19.1 Å². The molecule has 6 nitrogen and oxygen atoms in total. The van der Waals surface area contributed by atoms with Gasteiger partial charge in [0.25, 0.3) is 5.56 Å². The molecule has 0 aliphatic rings. The second kappa shape index (κ2) is 8.35. The van der Waals surface area contributed by atoms with Gasteiger partial charge in [0.05, 0.1) is 5.69 Å². The van der Waals surface area contributed by atoms with E-state index in [2.05, 4.69) is 15.0 Å². The predicted molar refractivity (Wildman–Crippen MR) is 122 cm³/mol. The Morgan fingerprint density at radius 1 is 0.844 bits per heavy atom. The van der Waals surface area contributed by atoms with Gasteiger partial charge < -0.3 is 0 Å². The SMILES string of the molecule is O=C(c1ccccc1)c1cccc(-n2c(=O)c(Cc3cccnc3)nc3cccnc32)c1. The highest BCUT2D eigenvalue weighted by atomic mass is 16.1. The summed E-state index contributed by atoms with van der Waals surface area (Å²) in [6, 6.07) is 23.4. The molecular weight excluding hydrogens is 400 g/mol. The van der Waals surface area contributed by atoms with Crippen LogP contribution in [0.15, 0.2) is 102 Å². The van der Waals surface area contributed by atoms with Gasteiger partial charge in [-0.25, -0.2) is 9.97 Å². The minimum atomic E-state index is -0.274. The molecule has 3 aromatic heterocycles. The van der Waals surface area contributed by atoms with Gasteiger partial charge in [-0.15, -0.1) is 0 Å². The van der Waals surface area contributed by atoms with Crippen molar-refractivity contribution >= 4 is 16.9 Å². The van der Waals surface area contributed by atoms with Crippen molar-refractivity contribution in [2.75, 3.05) is 0 Å². The Hall–Kier alpha value is -4.45. The average Bonchev–Trinajstić information content (AvgIpc) is 2.85. The average molecular weight is 418 g/mol. The lowest BCUT2D eigenvalue weighted by molar-refractivity contribution is 0.103. The first-order valence-electron chi connectivity index (χ1n) is 10.2. The first-order valence-corrected chi connectivity index (χ1v) is 10.2. The number of carbonyl (C=O) groups is 1. The molecule has 0 fully saturated rings. The molecule has 2 aromatic carbocycles. The van der Waals surface area contributed by atoms with Crippen molar-refractivity contribution in [2.45, 2.75) is 6.42 Å². The van der Waals surface area contributed by atoms with Crippen LogP contribution < -0.4 is 5.56 Å². The van der Waals surface area contributed by atoms with E-state index >= 15 is 0 Å². The molecule has 154 valence electrons. The van der Waals surface area contributed by atoms with E-state index in [4.69, 9.17) is 0 Å². The van der Waals surface area contributed by atoms with Gasteiger partial charge in [-0.05, 0) is 35.9 Å². The standard InChI is InChI=1S/C26H18N4O2/c31-24(19-8-2-1-3-9-19)20-10-4-11-21(16-20)30-25-22(12-6-14-28-25)29-23(26(30)32)15-18-7-5-13-27-17-18/h1-14,16-17H,15H2. The van der Waals surface area contributed by atoms with Crippen LogP contribution in [0.1, 0.15) is 27.2 Å². The zero-order valence-corrected chi connectivity index (χ0v) is 17.1. The third-order valence-electron chi connectivity index (χ3n) is 5.18. The number of benzene rings is 2. The van der Waals surface area contributed by atoms with Crippen LogP contribution in [0.2, 0.25) is 0 Å². The van der Waals surface area contributed by atoms with E-state index in [0.717, 1.165) is 5.56 Å². The van der Waals surface area contributed by atoms with E-state index in [1.807, 2.05) is 36.4 Å². The summed E-state index contributed by atoms with van der Waals surface area (Å²) < 4.78 is 1.52. The van der Waals surface area contributed by atoms with Crippen LogP contribution in [0, 0.1) is 0 Å². The number of hydrogen-bond acceptors (Lipinski definition) is 5. The Morgan fingerprint density at radius 3 is 2.47 bits per heavy atom. The lowest BCUT2D eigenvalue weighted by atomic mass is 10.0. The Balaban J connectivity index is 1.66. The molecule has 0 radical (unpaired) electrons. The lowest BCUT2D eigenvalue weighted by Crippen LogP contribution is -2.25. The highest BCUT2D eigenvalue weighted by molar-refractivity contribution is 6.09. The van der Waals surface area contributed by atoms with E-state index in [9.17, 15) is 9.59 Å². The Bertz CT molecular complexity index is 1480. The number of nitrogens with zero attached hydrogens (tertiary/aromatic N) is 4. The van der Waals surface area contributed by atoms with Crippen LogP contribution >= 0.6 is 0 Å². The summed E-state index contributed by atoms with van der Waals surface area (Å²) in [5.74, 6) is -0.109. The van der Waals surface area contributed by atoms with Gasteiger partial charge >= 0.3 is 0 Å². The van der Waals surface area contributed by atoms with Gasteiger partial charge in [-0.2, -0.15) is 0 Å². The predicted octanol–water partition coefficient (Wildman–Crippen LogP) is 4.00. The van der Waals surface area contributed by atoms with Crippen LogP contribution in [0.5, 0.6) is 0 Å². The summed E-state index contributed by atoms with van der Waals surface area (Å²) in [6.45, 7) is 0. The van der Waals surface area contributed by atoms with Crippen molar-refractivity contribution in [2.24, 2.45) is 0 Å².